The van der Waals surface area contributed by atoms with Crippen molar-refractivity contribution in [1.82, 2.24) is 5.32 Å². The van der Waals surface area contributed by atoms with Gasteiger partial charge in [0.15, 0.2) is 23.3 Å². The second kappa shape index (κ2) is 6.40. The van der Waals surface area contributed by atoms with Crippen LogP contribution in [0.3, 0.4) is 0 Å². The maximum atomic E-state index is 13.2. The van der Waals surface area contributed by atoms with Gasteiger partial charge in [-0.15, -0.1) is 0 Å². The number of nitrogens with one attached hydrogen (secondary N) is 2. The minimum atomic E-state index is -1.51. The lowest BCUT2D eigenvalue weighted by Crippen LogP contribution is -2.31. The van der Waals surface area contributed by atoms with Crippen molar-refractivity contribution >= 4 is 11.6 Å². The van der Waals surface area contributed by atoms with Crippen LogP contribution >= 0.6 is 0 Å². The average Bonchev–Trinajstić information content (AvgIpc) is 2.30. The minimum absolute atomic E-state index is 0.0624. The van der Waals surface area contributed by atoms with Crippen LogP contribution in [0.2, 0.25) is 0 Å². The molecule has 0 unspecified atom stereocenters. The fraction of sp³-hybridized carbons (Fsp3) is 0.417. The summed E-state index contributed by atoms with van der Waals surface area (Å²) in [6, 6.07) is 0.0639. The Kier molecular flexibility index (Phi) is 5.14. The van der Waals surface area contributed by atoms with E-state index in [1.54, 1.807) is 13.8 Å². The molecule has 1 aromatic rings. The zero-order valence-electron chi connectivity index (χ0n) is 10.5. The number of benzene rings is 1. The standard InChI is InChI=1S/C12H14F4N2O/c1-6(2)18-9(19)3-4-17-12-10(15)7(13)5-8(14)11(12)16/h5-6,17H,3-4H2,1-2H3,(H,18,19). The number of hydrogen-bond acceptors (Lipinski definition) is 2. The predicted octanol–water partition coefficient (Wildman–Crippen LogP) is 2.57. The molecule has 0 spiro atoms. The largest absolute Gasteiger partial charge is 0.380 e. The topological polar surface area (TPSA) is 41.1 Å². The lowest BCUT2D eigenvalue weighted by molar-refractivity contribution is -0.121. The Labute approximate surface area is 108 Å². The molecule has 1 amide bonds. The number of halogens is 4. The van der Waals surface area contributed by atoms with E-state index in [9.17, 15) is 22.4 Å². The van der Waals surface area contributed by atoms with Crippen LogP contribution in [0.5, 0.6) is 0 Å². The molecule has 2 N–H and O–H groups in total. The highest BCUT2D eigenvalue weighted by atomic mass is 19.2. The first-order valence-electron chi connectivity index (χ1n) is 5.69. The van der Waals surface area contributed by atoms with Gasteiger partial charge in [-0.3, -0.25) is 4.79 Å². The number of amides is 1. The molecule has 0 radical (unpaired) electrons. The van der Waals surface area contributed by atoms with Crippen LogP contribution in [0, 0.1) is 23.3 Å². The molecule has 0 heterocycles. The van der Waals surface area contributed by atoms with Crippen molar-refractivity contribution < 1.29 is 22.4 Å². The first-order valence-corrected chi connectivity index (χ1v) is 5.69. The molecule has 1 rings (SSSR count). The van der Waals surface area contributed by atoms with Crippen molar-refractivity contribution in [1.29, 1.82) is 0 Å². The van der Waals surface area contributed by atoms with Crippen molar-refractivity contribution in [3.05, 3.63) is 29.3 Å². The fourth-order valence-corrected chi connectivity index (χ4v) is 1.42. The molecular weight excluding hydrogens is 264 g/mol. The summed E-state index contributed by atoms with van der Waals surface area (Å²) in [7, 11) is 0. The maximum Gasteiger partial charge on any atom is 0.221 e. The smallest absolute Gasteiger partial charge is 0.221 e. The number of carbonyl (C=O) groups excluding carboxylic acids is 1. The van der Waals surface area contributed by atoms with Crippen LogP contribution in [0.15, 0.2) is 6.07 Å². The Balaban J connectivity index is 2.66. The first kappa shape index (κ1) is 15.3. The second-order valence-corrected chi connectivity index (χ2v) is 4.24. The Hall–Kier alpha value is -1.79. The van der Waals surface area contributed by atoms with Gasteiger partial charge in [-0.05, 0) is 13.8 Å². The monoisotopic (exact) mass is 278 g/mol. The van der Waals surface area contributed by atoms with Crippen LogP contribution in [0.4, 0.5) is 23.2 Å². The van der Waals surface area contributed by atoms with Crippen LogP contribution in [-0.4, -0.2) is 18.5 Å². The summed E-state index contributed by atoms with van der Waals surface area (Å²) in [6.45, 7) is 3.37. The highest BCUT2D eigenvalue weighted by molar-refractivity contribution is 5.76. The second-order valence-electron chi connectivity index (χ2n) is 4.24. The fourth-order valence-electron chi connectivity index (χ4n) is 1.42. The molecule has 0 saturated heterocycles. The van der Waals surface area contributed by atoms with Crippen molar-refractivity contribution in [2.24, 2.45) is 0 Å². The molecule has 106 valence electrons. The zero-order chi connectivity index (χ0) is 14.6. The van der Waals surface area contributed by atoms with Gasteiger partial charge in [-0.25, -0.2) is 17.6 Å². The van der Waals surface area contributed by atoms with Gasteiger partial charge in [0.25, 0.3) is 0 Å². The number of carbonyl (C=O) groups is 1. The molecule has 19 heavy (non-hydrogen) atoms. The van der Waals surface area contributed by atoms with E-state index in [1.807, 2.05) is 0 Å². The van der Waals surface area contributed by atoms with Crippen molar-refractivity contribution in [2.45, 2.75) is 26.3 Å². The SMILES string of the molecule is CC(C)NC(=O)CCNc1c(F)c(F)cc(F)c1F. The molecule has 7 heteroatoms. The molecule has 0 aliphatic heterocycles. The maximum absolute atomic E-state index is 13.2. The van der Waals surface area contributed by atoms with Crippen molar-refractivity contribution in [2.75, 3.05) is 11.9 Å². The van der Waals surface area contributed by atoms with Crippen molar-refractivity contribution in [3.63, 3.8) is 0 Å². The summed E-state index contributed by atoms with van der Waals surface area (Å²) in [5, 5.41) is 4.74. The first-order chi connectivity index (χ1) is 8.82. The van der Waals surface area contributed by atoms with Crippen LogP contribution in [0.25, 0.3) is 0 Å². The van der Waals surface area contributed by atoms with E-state index in [-0.39, 0.29) is 31.0 Å². The summed E-state index contributed by atoms with van der Waals surface area (Å²) in [5.74, 6) is -6.34. The van der Waals surface area contributed by atoms with Crippen LogP contribution in [0.1, 0.15) is 20.3 Å². The van der Waals surface area contributed by atoms with Gasteiger partial charge in [0, 0.05) is 25.1 Å². The number of hydrogen-bond donors (Lipinski definition) is 2. The summed E-state index contributed by atoms with van der Waals surface area (Å²) in [6.07, 6.45) is -0.0742. The average molecular weight is 278 g/mol. The molecule has 0 aliphatic carbocycles. The molecule has 0 aromatic heterocycles. The van der Waals surface area contributed by atoms with E-state index in [0.717, 1.165) is 0 Å². The van der Waals surface area contributed by atoms with Crippen LogP contribution in [-0.2, 0) is 4.79 Å². The molecule has 0 aliphatic rings. The molecule has 0 saturated carbocycles. The zero-order valence-corrected chi connectivity index (χ0v) is 10.5. The highest BCUT2D eigenvalue weighted by Gasteiger charge is 2.18. The lowest BCUT2D eigenvalue weighted by Gasteiger charge is -2.11. The van der Waals surface area contributed by atoms with Gasteiger partial charge < -0.3 is 10.6 Å². The third kappa shape index (κ3) is 4.11. The van der Waals surface area contributed by atoms with Crippen molar-refractivity contribution in [3.8, 4) is 0 Å². The molecule has 1 aromatic carbocycles. The van der Waals surface area contributed by atoms with E-state index in [4.69, 9.17) is 0 Å². The summed E-state index contributed by atoms with van der Waals surface area (Å²) in [5.41, 5.74) is -0.908. The van der Waals surface area contributed by atoms with E-state index < -0.39 is 29.0 Å². The number of rotatable bonds is 5. The number of anilines is 1. The molecular formula is C12H14F4N2O. The van der Waals surface area contributed by atoms with Crippen LogP contribution < -0.4 is 10.6 Å². The summed E-state index contributed by atoms with van der Waals surface area (Å²) < 4.78 is 52.2. The Morgan fingerprint density at radius 3 is 2.16 bits per heavy atom. The molecule has 0 atom stereocenters. The van der Waals surface area contributed by atoms with Gasteiger partial charge in [0.05, 0.1) is 0 Å². The predicted molar refractivity (Wildman–Crippen MR) is 62.7 cm³/mol. The van der Waals surface area contributed by atoms with Gasteiger partial charge in [0.2, 0.25) is 5.91 Å². The van der Waals surface area contributed by atoms with E-state index in [2.05, 4.69) is 10.6 Å². The lowest BCUT2D eigenvalue weighted by atomic mass is 10.2. The quantitative estimate of drug-likeness (QED) is 0.642. The Morgan fingerprint density at radius 2 is 1.68 bits per heavy atom. The van der Waals surface area contributed by atoms with Gasteiger partial charge in [-0.1, -0.05) is 0 Å². The molecule has 3 nitrogen and oxygen atoms in total. The van der Waals surface area contributed by atoms with Gasteiger partial charge >= 0.3 is 0 Å². The normalized spacial score (nSPS) is 10.7. The third-order valence-electron chi connectivity index (χ3n) is 2.22. The van der Waals surface area contributed by atoms with Gasteiger partial charge in [-0.2, -0.15) is 0 Å². The molecule has 0 fully saturated rings. The van der Waals surface area contributed by atoms with Gasteiger partial charge in [0.1, 0.15) is 5.69 Å². The van der Waals surface area contributed by atoms with E-state index >= 15 is 0 Å². The summed E-state index contributed by atoms with van der Waals surface area (Å²) >= 11 is 0. The Morgan fingerprint density at radius 1 is 1.16 bits per heavy atom. The summed E-state index contributed by atoms with van der Waals surface area (Å²) in [4.78, 5) is 11.3. The Bertz CT molecular complexity index is 451. The molecule has 0 bridgehead atoms. The van der Waals surface area contributed by atoms with E-state index in [1.165, 1.54) is 0 Å². The minimum Gasteiger partial charge on any atom is -0.380 e. The third-order valence-corrected chi connectivity index (χ3v) is 2.22. The van der Waals surface area contributed by atoms with E-state index in [0.29, 0.717) is 0 Å². The highest BCUT2D eigenvalue weighted by Crippen LogP contribution is 2.23.